The number of benzene rings is 1. The maximum atomic E-state index is 14.1. The van der Waals surface area contributed by atoms with Gasteiger partial charge in [0.2, 0.25) is 0 Å². The lowest BCUT2D eigenvalue weighted by Gasteiger charge is -2.20. The molecule has 0 radical (unpaired) electrons. The Labute approximate surface area is 147 Å². The summed E-state index contributed by atoms with van der Waals surface area (Å²) in [6, 6.07) is 11.3. The van der Waals surface area contributed by atoms with Gasteiger partial charge >= 0.3 is 0 Å². The third kappa shape index (κ3) is 3.72. The van der Waals surface area contributed by atoms with Crippen molar-refractivity contribution in [2.75, 3.05) is 6.61 Å². The van der Waals surface area contributed by atoms with E-state index in [9.17, 15) is 9.50 Å². The molecule has 0 spiro atoms. The van der Waals surface area contributed by atoms with Crippen LogP contribution in [0.2, 0.25) is 0 Å². The molecule has 0 unspecified atom stereocenters. The summed E-state index contributed by atoms with van der Waals surface area (Å²) in [4.78, 5) is 4.50. The SMILES string of the molecule is CC(C)[C@H](CO)NCc1nc(-c2ccc3c(ccn3C)c2)ccc1F. The number of hydrogen-bond acceptors (Lipinski definition) is 3. The Morgan fingerprint density at radius 3 is 2.72 bits per heavy atom. The van der Waals surface area contributed by atoms with Gasteiger partial charge in [-0.2, -0.15) is 0 Å². The highest BCUT2D eigenvalue weighted by Gasteiger charge is 2.14. The molecule has 1 aromatic carbocycles. The van der Waals surface area contributed by atoms with Crippen LogP contribution in [0.1, 0.15) is 19.5 Å². The van der Waals surface area contributed by atoms with Crippen molar-refractivity contribution in [1.29, 1.82) is 0 Å². The van der Waals surface area contributed by atoms with Crippen LogP contribution in [0, 0.1) is 11.7 Å². The lowest BCUT2D eigenvalue weighted by molar-refractivity contribution is 0.209. The van der Waals surface area contributed by atoms with Crippen molar-refractivity contribution in [2.24, 2.45) is 13.0 Å². The van der Waals surface area contributed by atoms with Crippen LogP contribution in [0.3, 0.4) is 0 Å². The highest BCUT2D eigenvalue weighted by molar-refractivity contribution is 5.85. The Morgan fingerprint density at radius 1 is 1.20 bits per heavy atom. The summed E-state index contributed by atoms with van der Waals surface area (Å²) in [6.45, 7) is 4.34. The number of fused-ring (bicyclic) bond motifs is 1. The van der Waals surface area contributed by atoms with E-state index in [2.05, 4.69) is 27.0 Å². The average molecular weight is 341 g/mol. The number of rotatable bonds is 6. The van der Waals surface area contributed by atoms with Crippen LogP contribution in [0.5, 0.6) is 0 Å². The summed E-state index contributed by atoms with van der Waals surface area (Å²) in [5.41, 5.74) is 3.22. The molecule has 0 aliphatic rings. The minimum absolute atomic E-state index is 0.0175. The van der Waals surface area contributed by atoms with Crippen LogP contribution in [0.15, 0.2) is 42.6 Å². The Bertz CT molecular complexity index is 873. The van der Waals surface area contributed by atoms with Gasteiger partial charge in [0.25, 0.3) is 0 Å². The van der Waals surface area contributed by atoms with E-state index < -0.39 is 0 Å². The maximum absolute atomic E-state index is 14.1. The van der Waals surface area contributed by atoms with Crippen molar-refractivity contribution >= 4 is 10.9 Å². The van der Waals surface area contributed by atoms with Gasteiger partial charge in [0.05, 0.1) is 18.0 Å². The molecule has 0 fully saturated rings. The first kappa shape index (κ1) is 17.6. The summed E-state index contributed by atoms with van der Waals surface area (Å²) in [6.07, 6.45) is 2.02. The van der Waals surface area contributed by atoms with E-state index in [1.807, 2.05) is 39.2 Å². The van der Waals surface area contributed by atoms with Crippen molar-refractivity contribution < 1.29 is 9.50 Å². The van der Waals surface area contributed by atoms with E-state index in [0.29, 0.717) is 5.69 Å². The standard InChI is InChI=1S/C20H24FN3O/c1-13(2)19(12-25)22-11-18-16(21)5-6-17(23-18)14-4-7-20-15(10-14)8-9-24(20)3/h4-10,13,19,22,25H,11-12H2,1-3H3/t19-/m0/s1. The molecule has 0 saturated heterocycles. The minimum atomic E-state index is -0.336. The molecular weight excluding hydrogens is 317 g/mol. The highest BCUT2D eigenvalue weighted by atomic mass is 19.1. The molecule has 25 heavy (non-hydrogen) atoms. The summed E-state index contributed by atoms with van der Waals surface area (Å²) in [5, 5.41) is 13.7. The fourth-order valence-electron chi connectivity index (χ4n) is 2.95. The molecule has 0 aliphatic carbocycles. The first-order valence-corrected chi connectivity index (χ1v) is 8.54. The predicted molar refractivity (Wildman–Crippen MR) is 98.7 cm³/mol. The topological polar surface area (TPSA) is 50.1 Å². The molecule has 132 valence electrons. The van der Waals surface area contributed by atoms with E-state index in [1.54, 1.807) is 6.07 Å². The lowest BCUT2D eigenvalue weighted by Crippen LogP contribution is -2.36. The van der Waals surface area contributed by atoms with Gasteiger partial charge in [-0.15, -0.1) is 0 Å². The lowest BCUT2D eigenvalue weighted by atomic mass is 10.1. The van der Waals surface area contributed by atoms with Gasteiger partial charge in [-0.25, -0.2) is 9.37 Å². The van der Waals surface area contributed by atoms with Gasteiger partial charge in [-0.1, -0.05) is 19.9 Å². The van der Waals surface area contributed by atoms with Gasteiger partial charge in [-0.05, 0) is 36.2 Å². The first-order valence-electron chi connectivity index (χ1n) is 8.54. The molecule has 3 aromatic rings. The van der Waals surface area contributed by atoms with Crippen LogP contribution in [0.4, 0.5) is 4.39 Å². The van der Waals surface area contributed by atoms with Crippen LogP contribution in [-0.4, -0.2) is 27.3 Å². The van der Waals surface area contributed by atoms with Crippen LogP contribution in [0.25, 0.3) is 22.2 Å². The number of aliphatic hydroxyl groups is 1. The van der Waals surface area contributed by atoms with Crippen molar-refractivity contribution in [2.45, 2.75) is 26.4 Å². The first-order chi connectivity index (χ1) is 12.0. The number of aliphatic hydroxyl groups excluding tert-OH is 1. The van der Waals surface area contributed by atoms with Crippen LogP contribution in [-0.2, 0) is 13.6 Å². The minimum Gasteiger partial charge on any atom is -0.395 e. The Hall–Kier alpha value is -2.24. The van der Waals surface area contributed by atoms with Crippen molar-refractivity contribution in [1.82, 2.24) is 14.9 Å². The number of nitrogens with zero attached hydrogens (tertiary/aromatic N) is 2. The van der Waals surface area contributed by atoms with Gasteiger partial charge in [0, 0.05) is 42.3 Å². The van der Waals surface area contributed by atoms with Crippen molar-refractivity contribution in [3.8, 4) is 11.3 Å². The Balaban J connectivity index is 1.87. The Kier molecular flexibility index (Phi) is 5.16. The second-order valence-electron chi connectivity index (χ2n) is 6.74. The summed E-state index contributed by atoms with van der Waals surface area (Å²) in [5.74, 6) is -0.0748. The molecule has 0 bridgehead atoms. The second-order valence-corrected chi connectivity index (χ2v) is 6.74. The number of halogens is 1. The maximum Gasteiger partial charge on any atom is 0.146 e. The monoisotopic (exact) mass is 341 g/mol. The van der Waals surface area contributed by atoms with Crippen molar-refractivity contribution in [3.63, 3.8) is 0 Å². The molecule has 2 N–H and O–H groups in total. The summed E-state index contributed by atoms with van der Waals surface area (Å²) >= 11 is 0. The molecule has 2 heterocycles. The van der Waals surface area contributed by atoms with Gasteiger partial charge in [0.15, 0.2) is 0 Å². The molecular formula is C20H24FN3O. The Morgan fingerprint density at radius 2 is 2.00 bits per heavy atom. The molecule has 0 amide bonds. The molecule has 4 nitrogen and oxygen atoms in total. The normalized spacial score (nSPS) is 12.9. The highest BCUT2D eigenvalue weighted by Crippen LogP contribution is 2.24. The zero-order valence-corrected chi connectivity index (χ0v) is 14.8. The van der Waals surface area contributed by atoms with Crippen molar-refractivity contribution in [3.05, 3.63) is 54.1 Å². The number of aryl methyl sites for hydroxylation is 1. The fourth-order valence-corrected chi connectivity index (χ4v) is 2.95. The molecule has 0 saturated carbocycles. The second kappa shape index (κ2) is 7.33. The molecule has 2 aromatic heterocycles. The zero-order valence-electron chi connectivity index (χ0n) is 14.8. The summed E-state index contributed by atoms with van der Waals surface area (Å²) in [7, 11) is 2.01. The van der Waals surface area contributed by atoms with E-state index in [4.69, 9.17) is 0 Å². The van der Waals surface area contributed by atoms with E-state index in [1.165, 1.54) is 6.07 Å². The average Bonchev–Trinajstić information content (AvgIpc) is 2.97. The van der Waals surface area contributed by atoms with E-state index in [0.717, 1.165) is 22.2 Å². The van der Waals surface area contributed by atoms with Crippen LogP contribution >= 0.6 is 0 Å². The number of aromatic nitrogens is 2. The number of pyridine rings is 1. The fraction of sp³-hybridized carbons (Fsp3) is 0.350. The van der Waals surface area contributed by atoms with Gasteiger partial charge in [-0.3, -0.25) is 0 Å². The number of nitrogens with one attached hydrogen (secondary N) is 1. The quantitative estimate of drug-likeness (QED) is 0.722. The third-order valence-electron chi connectivity index (χ3n) is 4.63. The molecule has 1 atom stereocenters. The van der Waals surface area contributed by atoms with Crippen LogP contribution < -0.4 is 5.32 Å². The smallest absolute Gasteiger partial charge is 0.146 e. The zero-order chi connectivity index (χ0) is 18.0. The largest absolute Gasteiger partial charge is 0.395 e. The molecule has 5 heteroatoms. The van der Waals surface area contributed by atoms with Gasteiger partial charge in [0.1, 0.15) is 5.82 Å². The third-order valence-corrected chi connectivity index (χ3v) is 4.63. The number of hydrogen-bond donors (Lipinski definition) is 2. The molecule has 3 rings (SSSR count). The predicted octanol–water partition coefficient (Wildman–Crippen LogP) is 3.49. The van der Waals surface area contributed by atoms with E-state index in [-0.39, 0.29) is 30.9 Å². The van der Waals surface area contributed by atoms with E-state index >= 15 is 0 Å². The van der Waals surface area contributed by atoms with Gasteiger partial charge < -0.3 is 15.0 Å². The molecule has 0 aliphatic heterocycles. The summed E-state index contributed by atoms with van der Waals surface area (Å²) < 4.78 is 16.2.